The van der Waals surface area contributed by atoms with Crippen LogP contribution in [0.1, 0.15) is 11.1 Å². The number of anilines is 1. The van der Waals surface area contributed by atoms with Crippen molar-refractivity contribution in [1.29, 1.82) is 0 Å². The van der Waals surface area contributed by atoms with Crippen molar-refractivity contribution in [3.05, 3.63) is 64.4 Å². The predicted molar refractivity (Wildman–Crippen MR) is 71.2 cm³/mol. The molecule has 0 amide bonds. The molecule has 0 atom stereocenters. The summed E-state index contributed by atoms with van der Waals surface area (Å²) in [6.07, 6.45) is 3.64. The number of nitrogen functional groups attached to an aromatic ring is 1. The third-order valence-electron chi connectivity index (χ3n) is 2.41. The summed E-state index contributed by atoms with van der Waals surface area (Å²) in [5.41, 5.74) is 7.44. The van der Waals surface area contributed by atoms with E-state index in [1.807, 2.05) is 18.2 Å². The number of halogens is 2. The molecule has 0 saturated carbocycles. The van der Waals surface area contributed by atoms with E-state index in [2.05, 4.69) is 0 Å². The van der Waals surface area contributed by atoms with E-state index in [4.69, 9.17) is 17.3 Å². The lowest BCUT2D eigenvalue weighted by Crippen LogP contribution is -1.92. The van der Waals surface area contributed by atoms with Crippen LogP contribution in [0.3, 0.4) is 0 Å². The number of rotatable bonds is 2. The maximum atomic E-state index is 13.2. The molecule has 0 unspecified atom stereocenters. The Balaban J connectivity index is 2.26. The highest BCUT2D eigenvalue weighted by atomic mass is 35.5. The van der Waals surface area contributed by atoms with Crippen LogP contribution in [0, 0.1) is 5.82 Å². The van der Waals surface area contributed by atoms with E-state index in [0.29, 0.717) is 10.6 Å². The van der Waals surface area contributed by atoms with Crippen molar-refractivity contribution in [2.45, 2.75) is 0 Å². The summed E-state index contributed by atoms with van der Waals surface area (Å²) in [4.78, 5) is 0. The van der Waals surface area contributed by atoms with Gasteiger partial charge in [0.25, 0.3) is 0 Å². The summed E-state index contributed by atoms with van der Waals surface area (Å²) < 4.78 is 13.2. The minimum Gasteiger partial charge on any atom is -0.396 e. The quantitative estimate of drug-likeness (QED) is 0.624. The Bertz CT molecular complexity index is 547. The molecule has 17 heavy (non-hydrogen) atoms. The normalized spacial score (nSPS) is 10.9. The van der Waals surface area contributed by atoms with Crippen molar-refractivity contribution in [3.63, 3.8) is 0 Å². The third kappa shape index (κ3) is 2.86. The van der Waals surface area contributed by atoms with Crippen LogP contribution in [0.15, 0.2) is 42.5 Å². The van der Waals surface area contributed by atoms with E-state index in [1.54, 1.807) is 30.3 Å². The van der Waals surface area contributed by atoms with Gasteiger partial charge in [-0.15, -0.1) is 0 Å². The smallest absolute Gasteiger partial charge is 0.146 e. The SMILES string of the molecule is Nc1c(F)cccc1C=Cc1ccc(Cl)cc1. The summed E-state index contributed by atoms with van der Waals surface area (Å²) in [5, 5.41) is 0.687. The van der Waals surface area contributed by atoms with E-state index < -0.39 is 5.82 Å². The molecule has 2 aromatic carbocycles. The Kier molecular flexibility index (Phi) is 3.45. The topological polar surface area (TPSA) is 26.0 Å². The minimum atomic E-state index is -0.400. The molecule has 0 saturated heterocycles. The Morgan fingerprint density at radius 2 is 1.71 bits per heavy atom. The van der Waals surface area contributed by atoms with Gasteiger partial charge in [0.2, 0.25) is 0 Å². The fraction of sp³-hybridized carbons (Fsp3) is 0. The second kappa shape index (κ2) is 5.02. The zero-order valence-electron chi connectivity index (χ0n) is 9.03. The average molecular weight is 248 g/mol. The fourth-order valence-electron chi connectivity index (χ4n) is 1.46. The van der Waals surface area contributed by atoms with Crippen LogP contribution in [-0.4, -0.2) is 0 Å². The first-order valence-electron chi connectivity index (χ1n) is 5.14. The summed E-state index contributed by atoms with van der Waals surface area (Å²) >= 11 is 5.78. The lowest BCUT2D eigenvalue weighted by molar-refractivity contribution is 0.632. The van der Waals surface area contributed by atoms with Crippen LogP contribution in [0.4, 0.5) is 10.1 Å². The molecule has 2 rings (SSSR count). The van der Waals surface area contributed by atoms with E-state index in [9.17, 15) is 4.39 Å². The van der Waals surface area contributed by atoms with Crippen molar-refractivity contribution < 1.29 is 4.39 Å². The van der Waals surface area contributed by atoms with E-state index >= 15 is 0 Å². The summed E-state index contributed by atoms with van der Waals surface area (Å²) in [7, 11) is 0. The van der Waals surface area contributed by atoms with Crippen molar-refractivity contribution in [3.8, 4) is 0 Å². The third-order valence-corrected chi connectivity index (χ3v) is 2.66. The van der Waals surface area contributed by atoms with Gasteiger partial charge in [-0.05, 0) is 23.8 Å². The van der Waals surface area contributed by atoms with Crippen molar-refractivity contribution in [1.82, 2.24) is 0 Å². The lowest BCUT2D eigenvalue weighted by Gasteiger charge is -2.01. The van der Waals surface area contributed by atoms with Gasteiger partial charge in [0, 0.05) is 10.6 Å². The van der Waals surface area contributed by atoms with Gasteiger partial charge in [0.1, 0.15) is 5.82 Å². The number of hydrogen-bond donors (Lipinski definition) is 1. The van der Waals surface area contributed by atoms with Crippen LogP contribution in [0.2, 0.25) is 5.02 Å². The fourth-order valence-corrected chi connectivity index (χ4v) is 1.58. The van der Waals surface area contributed by atoms with Gasteiger partial charge in [0.05, 0.1) is 5.69 Å². The largest absolute Gasteiger partial charge is 0.396 e. The van der Waals surface area contributed by atoms with Crippen LogP contribution in [-0.2, 0) is 0 Å². The highest BCUT2D eigenvalue weighted by Crippen LogP contribution is 2.19. The first kappa shape index (κ1) is 11.7. The van der Waals surface area contributed by atoms with Gasteiger partial charge in [-0.2, -0.15) is 0 Å². The first-order valence-corrected chi connectivity index (χ1v) is 5.52. The molecule has 0 aliphatic heterocycles. The molecular formula is C14H11ClFN. The molecule has 0 bridgehead atoms. The zero-order chi connectivity index (χ0) is 12.3. The maximum Gasteiger partial charge on any atom is 0.146 e. The van der Waals surface area contributed by atoms with Gasteiger partial charge in [0.15, 0.2) is 0 Å². The summed E-state index contributed by atoms with van der Waals surface area (Å²) in [6.45, 7) is 0. The zero-order valence-corrected chi connectivity index (χ0v) is 9.79. The monoisotopic (exact) mass is 247 g/mol. The minimum absolute atomic E-state index is 0.165. The van der Waals surface area contributed by atoms with Gasteiger partial charge >= 0.3 is 0 Å². The van der Waals surface area contributed by atoms with Crippen LogP contribution >= 0.6 is 11.6 Å². The molecule has 0 aliphatic carbocycles. The van der Waals surface area contributed by atoms with Crippen molar-refractivity contribution in [2.75, 3.05) is 5.73 Å². The highest BCUT2D eigenvalue weighted by Gasteiger charge is 2.00. The molecule has 0 spiro atoms. The van der Waals surface area contributed by atoms with Crippen LogP contribution in [0.25, 0.3) is 12.2 Å². The molecule has 2 N–H and O–H groups in total. The van der Waals surface area contributed by atoms with Gasteiger partial charge in [-0.25, -0.2) is 4.39 Å². The van der Waals surface area contributed by atoms with Gasteiger partial charge < -0.3 is 5.73 Å². The van der Waals surface area contributed by atoms with E-state index in [0.717, 1.165) is 5.56 Å². The van der Waals surface area contributed by atoms with Crippen LogP contribution in [0.5, 0.6) is 0 Å². The number of hydrogen-bond acceptors (Lipinski definition) is 1. The maximum absolute atomic E-state index is 13.2. The van der Waals surface area contributed by atoms with Crippen molar-refractivity contribution in [2.24, 2.45) is 0 Å². The standard InChI is InChI=1S/C14H11ClFN/c15-12-8-5-10(6-9-12)4-7-11-2-1-3-13(16)14(11)17/h1-9H,17H2. The van der Waals surface area contributed by atoms with Crippen LogP contribution < -0.4 is 5.73 Å². The Labute approximate surface area is 104 Å². The van der Waals surface area contributed by atoms with Gasteiger partial charge in [-0.1, -0.05) is 48.0 Å². The lowest BCUT2D eigenvalue weighted by atomic mass is 10.1. The predicted octanol–water partition coefficient (Wildman–Crippen LogP) is 4.23. The molecule has 0 radical (unpaired) electrons. The molecule has 86 valence electrons. The molecule has 3 heteroatoms. The molecule has 1 nitrogen and oxygen atoms in total. The molecule has 0 fully saturated rings. The highest BCUT2D eigenvalue weighted by molar-refractivity contribution is 6.30. The number of nitrogens with two attached hydrogens (primary N) is 1. The summed E-state index contributed by atoms with van der Waals surface area (Å²) in [6, 6.07) is 12.1. The second-order valence-electron chi connectivity index (χ2n) is 3.63. The Morgan fingerprint density at radius 1 is 1.00 bits per heavy atom. The molecule has 0 heterocycles. The summed E-state index contributed by atoms with van der Waals surface area (Å²) in [5.74, 6) is -0.400. The molecule has 0 aromatic heterocycles. The van der Waals surface area contributed by atoms with E-state index in [-0.39, 0.29) is 5.69 Å². The van der Waals surface area contributed by atoms with E-state index in [1.165, 1.54) is 6.07 Å². The Hall–Kier alpha value is -1.80. The first-order chi connectivity index (χ1) is 8.16. The van der Waals surface area contributed by atoms with Crippen molar-refractivity contribution >= 4 is 29.4 Å². The average Bonchev–Trinajstić information content (AvgIpc) is 2.33. The van der Waals surface area contributed by atoms with Gasteiger partial charge in [-0.3, -0.25) is 0 Å². The molecular weight excluding hydrogens is 237 g/mol. The Morgan fingerprint density at radius 3 is 2.41 bits per heavy atom. The second-order valence-corrected chi connectivity index (χ2v) is 4.06. The number of para-hydroxylation sites is 1. The molecule has 0 aliphatic rings. The molecule has 2 aromatic rings. The number of benzene rings is 2.